The number of hydrogen-bond donors (Lipinski definition) is 1. The van der Waals surface area contributed by atoms with Crippen LogP contribution in [0.2, 0.25) is 0 Å². The lowest BCUT2D eigenvalue weighted by atomic mass is 10.2. The quantitative estimate of drug-likeness (QED) is 0.627. The van der Waals surface area contributed by atoms with Crippen molar-refractivity contribution in [1.29, 1.82) is 5.26 Å². The molecule has 0 saturated carbocycles. The molecule has 1 aliphatic rings. The summed E-state index contributed by atoms with van der Waals surface area (Å²) in [7, 11) is 0. The predicted molar refractivity (Wildman–Crippen MR) is 78.0 cm³/mol. The van der Waals surface area contributed by atoms with Crippen LogP contribution in [-0.2, 0) is 0 Å². The highest BCUT2D eigenvalue weighted by Crippen LogP contribution is 2.17. The smallest absolute Gasteiger partial charge is 0.133 e. The van der Waals surface area contributed by atoms with Crippen molar-refractivity contribution < 1.29 is 4.90 Å². The maximum atomic E-state index is 9.14. The third-order valence-electron chi connectivity index (χ3n) is 3.42. The van der Waals surface area contributed by atoms with Crippen molar-refractivity contribution in [2.24, 2.45) is 4.99 Å². The minimum absolute atomic E-state index is 0.280. The lowest BCUT2D eigenvalue weighted by Gasteiger charge is -2.10. The van der Waals surface area contributed by atoms with Crippen molar-refractivity contribution in [1.82, 2.24) is 4.98 Å². The second kappa shape index (κ2) is 7.37. The largest absolute Gasteiger partial charge is 0.335 e. The fraction of sp³-hybridized carbons (Fsp3) is 0.643. The Morgan fingerprint density at radius 2 is 2.37 bits per heavy atom. The number of aliphatic imine (C=N–C) groups is 1. The molecule has 1 fully saturated rings. The summed E-state index contributed by atoms with van der Waals surface area (Å²) in [5.74, 6) is -0.280. The molecule has 2 rings (SSSR count). The van der Waals surface area contributed by atoms with Crippen molar-refractivity contribution in [2.45, 2.75) is 32.1 Å². The van der Waals surface area contributed by atoms with E-state index in [1.165, 1.54) is 43.8 Å². The summed E-state index contributed by atoms with van der Waals surface area (Å²) in [6.07, 6.45) is 5.62. The molecule has 4 nitrogen and oxygen atoms in total. The Morgan fingerprint density at radius 1 is 1.58 bits per heavy atom. The molecule has 1 aromatic heterocycles. The van der Waals surface area contributed by atoms with Crippen LogP contribution in [-0.4, -0.2) is 37.4 Å². The average Bonchev–Trinajstić information content (AvgIpc) is 3.05. The Hall–Kier alpha value is -1.25. The summed E-state index contributed by atoms with van der Waals surface area (Å²) in [4.78, 5) is 10.5. The molecule has 19 heavy (non-hydrogen) atoms. The van der Waals surface area contributed by atoms with E-state index in [9.17, 15) is 0 Å². The molecule has 2 heterocycles. The van der Waals surface area contributed by atoms with E-state index in [0.717, 1.165) is 23.7 Å². The van der Waals surface area contributed by atoms with Crippen LogP contribution < -0.4 is 4.90 Å². The van der Waals surface area contributed by atoms with Crippen molar-refractivity contribution in [3.05, 3.63) is 16.1 Å². The second-order valence-electron chi connectivity index (χ2n) is 5.05. The molecule has 1 aliphatic heterocycles. The number of aryl methyl sites for hydroxylation is 1. The zero-order chi connectivity index (χ0) is 13.5. The minimum Gasteiger partial charge on any atom is -0.335 e. The molecule has 0 aromatic carbocycles. The van der Waals surface area contributed by atoms with Gasteiger partial charge in [0, 0.05) is 43.1 Å². The van der Waals surface area contributed by atoms with Gasteiger partial charge in [0.15, 0.2) is 0 Å². The van der Waals surface area contributed by atoms with Gasteiger partial charge in [-0.15, -0.1) is 11.3 Å². The summed E-state index contributed by atoms with van der Waals surface area (Å²) in [6.45, 7) is 6.63. The minimum atomic E-state index is -0.280. The molecular formula is C14H21N4S+. The van der Waals surface area contributed by atoms with Crippen LogP contribution in [0, 0.1) is 18.3 Å². The first-order valence-electron chi connectivity index (χ1n) is 6.95. The molecule has 0 unspecified atom stereocenters. The van der Waals surface area contributed by atoms with Gasteiger partial charge in [-0.3, -0.25) is 4.99 Å². The summed E-state index contributed by atoms with van der Waals surface area (Å²) < 4.78 is 0. The van der Waals surface area contributed by atoms with E-state index in [2.05, 4.69) is 16.0 Å². The van der Waals surface area contributed by atoms with Crippen LogP contribution in [0.15, 0.2) is 10.4 Å². The third kappa shape index (κ3) is 4.41. The number of nitriles is 1. The van der Waals surface area contributed by atoms with Gasteiger partial charge in [-0.2, -0.15) is 5.26 Å². The molecule has 1 saturated heterocycles. The summed E-state index contributed by atoms with van der Waals surface area (Å²) >= 11 is 1.54. The topological polar surface area (TPSA) is 53.5 Å². The van der Waals surface area contributed by atoms with Crippen molar-refractivity contribution >= 4 is 17.6 Å². The lowest BCUT2D eigenvalue weighted by molar-refractivity contribution is -0.887. The SMILES string of the molecule is Cc1csc([C@H](C#N)C=NCCC[NH+]2CCCC2)n1. The number of thiazole rings is 1. The van der Waals surface area contributed by atoms with Gasteiger partial charge in [-0.1, -0.05) is 0 Å². The van der Waals surface area contributed by atoms with E-state index in [0.29, 0.717) is 0 Å². The number of nitrogens with zero attached hydrogens (tertiary/aromatic N) is 3. The Labute approximate surface area is 118 Å². The third-order valence-corrected chi connectivity index (χ3v) is 4.47. The fourth-order valence-electron chi connectivity index (χ4n) is 2.39. The summed E-state index contributed by atoms with van der Waals surface area (Å²) in [5, 5.41) is 12.0. The molecule has 0 bridgehead atoms. The van der Waals surface area contributed by atoms with Gasteiger partial charge >= 0.3 is 0 Å². The predicted octanol–water partition coefficient (Wildman–Crippen LogP) is 1.20. The van der Waals surface area contributed by atoms with Gasteiger partial charge in [0.2, 0.25) is 0 Å². The zero-order valence-corrected chi connectivity index (χ0v) is 12.2. The molecule has 102 valence electrons. The lowest BCUT2D eigenvalue weighted by Crippen LogP contribution is -3.10. The fourth-order valence-corrected chi connectivity index (χ4v) is 3.19. The maximum Gasteiger partial charge on any atom is 0.133 e. The molecule has 0 spiro atoms. The van der Waals surface area contributed by atoms with E-state index in [-0.39, 0.29) is 5.92 Å². The van der Waals surface area contributed by atoms with Crippen LogP contribution in [0.5, 0.6) is 0 Å². The molecule has 1 aromatic rings. The number of hydrogen-bond acceptors (Lipinski definition) is 4. The first-order chi connectivity index (χ1) is 9.29. The van der Waals surface area contributed by atoms with Gasteiger partial charge in [0.25, 0.3) is 0 Å². The van der Waals surface area contributed by atoms with Crippen LogP contribution in [0.25, 0.3) is 0 Å². The summed E-state index contributed by atoms with van der Waals surface area (Å²) in [6, 6.07) is 2.26. The number of aromatic nitrogens is 1. The second-order valence-corrected chi connectivity index (χ2v) is 5.94. The van der Waals surface area contributed by atoms with Crippen LogP contribution in [0.3, 0.4) is 0 Å². The molecule has 5 heteroatoms. The molecule has 0 amide bonds. The average molecular weight is 277 g/mol. The first-order valence-corrected chi connectivity index (χ1v) is 7.82. The van der Waals surface area contributed by atoms with Crippen LogP contribution in [0.4, 0.5) is 0 Å². The number of rotatable bonds is 6. The van der Waals surface area contributed by atoms with Crippen molar-refractivity contribution in [2.75, 3.05) is 26.2 Å². The summed E-state index contributed by atoms with van der Waals surface area (Å²) in [5.41, 5.74) is 0.978. The Kier molecular flexibility index (Phi) is 5.49. The Balaban J connectivity index is 1.72. The number of likely N-dealkylation sites (tertiary alicyclic amines) is 1. The number of nitrogens with one attached hydrogen (secondary N) is 1. The van der Waals surface area contributed by atoms with Crippen LogP contribution in [0.1, 0.15) is 35.9 Å². The van der Waals surface area contributed by atoms with Gasteiger partial charge in [0.05, 0.1) is 25.7 Å². The monoisotopic (exact) mass is 277 g/mol. The molecule has 0 aliphatic carbocycles. The van der Waals surface area contributed by atoms with Crippen molar-refractivity contribution in [3.8, 4) is 6.07 Å². The molecular weight excluding hydrogens is 256 g/mol. The van der Waals surface area contributed by atoms with Gasteiger partial charge in [-0.25, -0.2) is 4.98 Å². The van der Waals surface area contributed by atoms with E-state index >= 15 is 0 Å². The van der Waals surface area contributed by atoms with Gasteiger partial charge in [-0.05, 0) is 6.92 Å². The molecule has 0 radical (unpaired) electrons. The highest BCUT2D eigenvalue weighted by Gasteiger charge is 2.14. The van der Waals surface area contributed by atoms with E-state index in [4.69, 9.17) is 5.26 Å². The van der Waals surface area contributed by atoms with E-state index < -0.39 is 0 Å². The van der Waals surface area contributed by atoms with Crippen molar-refractivity contribution in [3.63, 3.8) is 0 Å². The standard InChI is InChI=1S/C14H20N4S/c1-12-11-19-14(17-12)13(9-15)10-16-5-4-8-18-6-2-3-7-18/h10-11,13H,2-8H2,1H3/p+1/t13-/m1/s1. The van der Waals surface area contributed by atoms with Crippen LogP contribution >= 0.6 is 11.3 Å². The zero-order valence-electron chi connectivity index (χ0n) is 11.4. The number of quaternary nitrogens is 1. The highest BCUT2D eigenvalue weighted by atomic mass is 32.1. The first kappa shape index (κ1) is 14.2. The highest BCUT2D eigenvalue weighted by molar-refractivity contribution is 7.09. The maximum absolute atomic E-state index is 9.14. The van der Waals surface area contributed by atoms with Gasteiger partial charge in [0.1, 0.15) is 10.9 Å². The van der Waals surface area contributed by atoms with E-state index in [1.54, 1.807) is 11.1 Å². The van der Waals surface area contributed by atoms with Gasteiger partial charge < -0.3 is 4.90 Å². The molecule has 1 atom stereocenters. The van der Waals surface area contributed by atoms with E-state index in [1.807, 2.05) is 12.3 Å². The Morgan fingerprint density at radius 3 is 3.00 bits per heavy atom. The Bertz CT molecular complexity index is 454. The molecule has 1 N–H and O–H groups in total. The normalized spacial score (nSPS) is 17.9.